The number of anilines is 1. The summed E-state index contributed by atoms with van der Waals surface area (Å²) in [6.07, 6.45) is 2.08. The van der Waals surface area contributed by atoms with E-state index in [0.717, 1.165) is 5.69 Å². The van der Waals surface area contributed by atoms with E-state index < -0.39 is 0 Å². The Bertz CT molecular complexity index is 286. The number of nitrogens with zero attached hydrogens (tertiary/aromatic N) is 2. The Balaban J connectivity index is 2.89. The summed E-state index contributed by atoms with van der Waals surface area (Å²) in [5.74, 6) is 0. The predicted molar refractivity (Wildman–Crippen MR) is 50.1 cm³/mol. The van der Waals surface area contributed by atoms with Crippen LogP contribution in [0.1, 0.15) is 6.92 Å². The maximum Gasteiger partial charge on any atom is 0.184 e. The highest BCUT2D eigenvalue weighted by Crippen LogP contribution is 2.16. The fourth-order valence-electron chi connectivity index (χ4n) is 0.932. The van der Waals surface area contributed by atoms with Crippen LogP contribution in [0.4, 0.5) is 5.69 Å². The van der Waals surface area contributed by atoms with Crippen molar-refractivity contribution in [3.05, 3.63) is 29.3 Å². The van der Waals surface area contributed by atoms with Crippen LogP contribution in [-0.4, -0.2) is 6.54 Å². The van der Waals surface area contributed by atoms with Gasteiger partial charge in [0.25, 0.3) is 0 Å². The zero-order valence-corrected chi connectivity index (χ0v) is 7.54. The lowest BCUT2D eigenvalue weighted by molar-refractivity contribution is 1.03. The molecule has 1 aromatic rings. The van der Waals surface area contributed by atoms with E-state index in [1.165, 1.54) is 0 Å². The van der Waals surface area contributed by atoms with E-state index in [1.807, 2.05) is 19.1 Å². The molecule has 0 saturated heterocycles. The van der Waals surface area contributed by atoms with E-state index in [0.29, 0.717) is 11.6 Å². The Kier molecular flexibility index (Phi) is 2.95. The van der Waals surface area contributed by atoms with Gasteiger partial charge < -0.3 is 0 Å². The van der Waals surface area contributed by atoms with Crippen molar-refractivity contribution in [2.45, 2.75) is 6.92 Å². The van der Waals surface area contributed by atoms with Crippen LogP contribution in [0, 0.1) is 11.5 Å². The summed E-state index contributed by atoms with van der Waals surface area (Å²) in [5.41, 5.74) is 0.879. The van der Waals surface area contributed by atoms with E-state index in [9.17, 15) is 0 Å². The van der Waals surface area contributed by atoms with Crippen molar-refractivity contribution in [1.82, 2.24) is 0 Å². The molecule has 0 aliphatic heterocycles. The van der Waals surface area contributed by atoms with Crippen molar-refractivity contribution in [3.63, 3.8) is 0 Å². The van der Waals surface area contributed by atoms with E-state index in [-0.39, 0.29) is 0 Å². The van der Waals surface area contributed by atoms with E-state index in [2.05, 4.69) is 6.19 Å². The molecule has 0 atom stereocenters. The predicted octanol–water partition coefficient (Wildman–Crippen LogP) is 2.65. The maximum atomic E-state index is 8.69. The van der Waals surface area contributed by atoms with Crippen molar-refractivity contribution >= 4 is 17.3 Å². The Hall–Kier alpha value is -1.20. The van der Waals surface area contributed by atoms with Gasteiger partial charge in [0.05, 0.1) is 5.69 Å². The van der Waals surface area contributed by atoms with Crippen molar-refractivity contribution in [3.8, 4) is 6.19 Å². The SMILES string of the molecule is CCN(C#N)c1ccc(Cl)cc1. The van der Waals surface area contributed by atoms with Crippen LogP contribution < -0.4 is 4.90 Å². The Morgan fingerprint density at radius 1 is 1.42 bits per heavy atom. The first-order valence-electron chi connectivity index (χ1n) is 3.70. The van der Waals surface area contributed by atoms with Crippen molar-refractivity contribution in [2.75, 3.05) is 11.4 Å². The number of benzene rings is 1. The van der Waals surface area contributed by atoms with Gasteiger partial charge in [0.1, 0.15) is 0 Å². The molecule has 2 nitrogen and oxygen atoms in total. The molecule has 0 N–H and O–H groups in total. The van der Waals surface area contributed by atoms with Crippen molar-refractivity contribution in [1.29, 1.82) is 5.26 Å². The number of rotatable bonds is 2. The van der Waals surface area contributed by atoms with Gasteiger partial charge in [-0.2, -0.15) is 5.26 Å². The summed E-state index contributed by atoms with van der Waals surface area (Å²) in [7, 11) is 0. The Morgan fingerprint density at radius 3 is 2.42 bits per heavy atom. The molecule has 0 unspecified atom stereocenters. The average Bonchev–Trinajstić information content (AvgIpc) is 2.10. The topological polar surface area (TPSA) is 27.0 Å². The molecule has 0 fully saturated rings. The van der Waals surface area contributed by atoms with Crippen LogP contribution >= 0.6 is 11.6 Å². The second kappa shape index (κ2) is 3.99. The molecule has 1 rings (SSSR count). The molecule has 1 aromatic carbocycles. The third kappa shape index (κ3) is 1.90. The van der Waals surface area contributed by atoms with Crippen LogP contribution in [-0.2, 0) is 0 Å². The van der Waals surface area contributed by atoms with Gasteiger partial charge in [-0.1, -0.05) is 11.6 Å². The zero-order valence-electron chi connectivity index (χ0n) is 6.79. The minimum absolute atomic E-state index is 0.679. The first-order chi connectivity index (χ1) is 5.77. The summed E-state index contributed by atoms with van der Waals surface area (Å²) < 4.78 is 0. The third-order valence-corrected chi connectivity index (χ3v) is 1.83. The summed E-state index contributed by atoms with van der Waals surface area (Å²) in [5, 5.41) is 9.38. The van der Waals surface area contributed by atoms with Crippen LogP contribution in [0.2, 0.25) is 5.02 Å². The lowest BCUT2D eigenvalue weighted by atomic mass is 10.3. The van der Waals surface area contributed by atoms with Gasteiger partial charge in [-0.15, -0.1) is 0 Å². The van der Waals surface area contributed by atoms with Crippen LogP contribution in [0.3, 0.4) is 0 Å². The maximum absolute atomic E-state index is 8.69. The molecule has 0 bridgehead atoms. The summed E-state index contributed by atoms with van der Waals surface area (Å²) >= 11 is 5.70. The normalized spacial score (nSPS) is 9.08. The monoisotopic (exact) mass is 180 g/mol. The van der Waals surface area contributed by atoms with Crippen LogP contribution in [0.15, 0.2) is 24.3 Å². The molecule has 12 heavy (non-hydrogen) atoms. The molecule has 0 heterocycles. The zero-order chi connectivity index (χ0) is 8.97. The highest BCUT2D eigenvalue weighted by atomic mass is 35.5. The second-order valence-electron chi connectivity index (χ2n) is 2.32. The standard InChI is InChI=1S/C9H9ClN2/c1-2-12(7-11)9-5-3-8(10)4-6-9/h3-6H,2H2,1H3. The van der Waals surface area contributed by atoms with Crippen LogP contribution in [0.5, 0.6) is 0 Å². The number of nitriles is 1. The summed E-state index contributed by atoms with van der Waals surface area (Å²) in [6.45, 7) is 2.61. The molecule has 0 aliphatic rings. The van der Waals surface area contributed by atoms with Gasteiger partial charge in [-0.25, -0.2) is 0 Å². The van der Waals surface area contributed by atoms with Crippen molar-refractivity contribution in [2.24, 2.45) is 0 Å². The molecular weight excluding hydrogens is 172 g/mol. The van der Waals surface area contributed by atoms with Gasteiger partial charge in [-0.05, 0) is 31.2 Å². The molecule has 0 amide bonds. The number of hydrogen-bond acceptors (Lipinski definition) is 2. The lowest BCUT2D eigenvalue weighted by Crippen LogP contribution is -2.14. The Morgan fingerprint density at radius 2 is 2.00 bits per heavy atom. The molecule has 0 aromatic heterocycles. The number of hydrogen-bond donors (Lipinski definition) is 0. The first kappa shape index (κ1) is 8.89. The van der Waals surface area contributed by atoms with E-state index in [4.69, 9.17) is 16.9 Å². The minimum atomic E-state index is 0.679. The quantitative estimate of drug-likeness (QED) is 0.517. The van der Waals surface area contributed by atoms with Gasteiger partial charge in [0.2, 0.25) is 0 Å². The highest BCUT2D eigenvalue weighted by Gasteiger charge is 2.00. The van der Waals surface area contributed by atoms with E-state index >= 15 is 0 Å². The highest BCUT2D eigenvalue weighted by molar-refractivity contribution is 6.30. The summed E-state index contributed by atoms with van der Waals surface area (Å²) in [6, 6.07) is 7.21. The van der Waals surface area contributed by atoms with E-state index in [1.54, 1.807) is 17.0 Å². The summed E-state index contributed by atoms with van der Waals surface area (Å²) in [4.78, 5) is 1.59. The molecule has 62 valence electrons. The second-order valence-corrected chi connectivity index (χ2v) is 2.76. The fourth-order valence-corrected chi connectivity index (χ4v) is 1.06. The molecule has 0 aliphatic carbocycles. The smallest absolute Gasteiger partial charge is 0.184 e. The van der Waals surface area contributed by atoms with Gasteiger partial charge in [0.15, 0.2) is 6.19 Å². The third-order valence-electron chi connectivity index (χ3n) is 1.58. The first-order valence-corrected chi connectivity index (χ1v) is 4.08. The van der Waals surface area contributed by atoms with Gasteiger partial charge in [0, 0.05) is 11.6 Å². The molecule has 0 saturated carbocycles. The lowest BCUT2D eigenvalue weighted by Gasteiger charge is -2.11. The molecule has 0 radical (unpaired) electrons. The molecular formula is C9H9ClN2. The minimum Gasteiger partial charge on any atom is -0.280 e. The molecule has 0 spiro atoms. The Labute approximate surface area is 77.0 Å². The number of halogens is 1. The van der Waals surface area contributed by atoms with Gasteiger partial charge >= 0.3 is 0 Å². The van der Waals surface area contributed by atoms with Crippen LogP contribution in [0.25, 0.3) is 0 Å². The largest absolute Gasteiger partial charge is 0.280 e. The fraction of sp³-hybridized carbons (Fsp3) is 0.222. The average molecular weight is 181 g/mol. The molecule has 3 heteroatoms. The van der Waals surface area contributed by atoms with Crippen molar-refractivity contribution < 1.29 is 0 Å². The van der Waals surface area contributed by atoms with Gasteiger partial charge in [-0.3, -0.25) is 4.90 Å².